The molecule has 0 heterocycles. The molecule has 0 fully saturated rings. The topological polar surface area (TPSA) is 76.1 Å². The van der Waals surface area contributed by atoms with Crippen LogP contribution in [0.4, 0.5) is 0 Å². The lowest BCUT2D eigenvalue weighted by Crippen LogP contribution is -2.40. The summed E-state index contributed by atoms with van der Waals surface area (Å²) in [6, 6.07) is 5.93. The Balaban J connectivity index is 2.95. The minimum atomic E-state index is -3.56. The van der Waals surface area contributed by atoms with Gasteiger partial charge >= 0.3 is 0 Å². The van der Waals surface area contributed by atoms with Crippen molar-refractivity contribution < 1.29 is 23.0 Å². The Morgan fingerprint density at radius 3 is 2.38 bits per heavy atom. The smallest absolute Gasteiger partial charge is 0.243 e. The van der Waals surface area contributed by atoms with E-state index in [1.54, 1.807) is 26.2 Å². The van der Waals surface area contributed by atoms with E-state index in [4.69, 9.17) is 14.6 Å². The van der Waals surface area contributed by atoms with Crippen LogP contribution in [0, 0.1) is 0 Å². The molecule has 1 rings (SSSR count). The quantitative estimate of drug-likeness (QED) is 0.738. The number of sulfonamides is 1. The van der Waals surface area contributed by atoms with Crippen molar-refractivity contribution in [1.82, 2.24) is 4.31 Å². The minimum Gasteiger partial charge on any atom is -0.491 e. The van der Waals surface area contributed by atoms with Crippen molar-refractivity contribution in [3.05, 3.63) is 24.3 Å². The summed E-state index contributed by atoms with van der Waals surface area (Å²) in [7, 11) is -2.02. The zero-order chi connectivity index (χ0) is 15.9. The van der Waals surface area contributed by atoms with Crippen LogP contribution in [0.1, 0.15) is 13.8 Å². The first kappa shape index (κ1) is 17.9. The standard InChI is InChI=1S/C14H23NO5S/c1-4-15(12(2)11-19-3)21(17,18)14-7-5-13(6-8-14)20-10-9-16/h5-8,12,16H,4,9-11H2,1-3H3. The SMILES string of the molecule is CCN(C(C)COC)S(=O)(=O)c1ccc(OCCO)cc1. The van der Waals surface area contributed by atoms with Crippen LogP contribution in [0.15, 0.2) is 29.2 Å². The molecule has 1 unspecified atom stereocenters. The molecule has 0 aliphatic carbocycles. The van der Waals surface area contributed by atoms with E-state index in [-0.39, 0.29) is 24.2 Å². The van der Waals surface area contributed by atoms with Gasteiger partial charge in [0.05, 0.1) is 18.1 Å². The summed E-state index contributed by atoms with van der Waals surface area (Å²) in [6.07, 6.45) is 0. The number of likely N-dealkylation sites (N-methyl/N-ethyl adjacent to an activating group) is 1. The van der Waals surface area contributed by atoms with Crippen LogP contribution in [-0.4, -0.2) is 57.3 Å². The van der Waals surface area contributed by atoms with Gasteiger partial charge in [-0.05, 0) is 31.2 Å². The van der Waals surface area contributed by atoms with Crippen molar-refractivity contribution in [1.29, 1.82) is 0 Å². The second kappa shape index (κ2) is 8.33. The summed E-state index contributed by atoms with van der Waals surface area (Å²) in [6.45, 7) is 4.41. The molecule has 1 aromatic carbocycles. The molecule has 0 saturated carbocycles. The van der Waals surface area contributed by atoms with Crippen molar-refractivity contribution in [3.8, 4) is 5.75 Å². The lowest BCUT2D eigenvalue weighted by molar-refractivity contribution is 0.142. The summed E-state index contributed by atoms with van der Waals surface area (Å²) in [5, 5.41) is 8.69. The molecule has 120 valence electrons. The lowest BCUT2D eigenvalue weighted by atomic mass is 10.3. The van der Waals surface area contributed by atoms with Gasteiger partial charge in [0.1, 0.15) is 12.4 Å². The van der Waals surface area contributed by atoms with E-state index < -0.39 is 10.0 Å². The van der Waals surface area contributed by atoms with E-state index in [1.807, 2.05) is 6.92 Å². The fourth-order valence-corrected chi connectivity index (χ4v) is 3.67. The molecule has 7 heteroatoms. The van der Waals surface area contributed by atoms with Gasteiger partial charge < -0.3 is 14.6 Å². The Labute approximate surface area is 126 Å². The molecule has 0 amide bonds. The van der Waals surface area contributed by atoms with Gasteiger partial charge in [0, 0.05) is 19.7 Å². The highest BCUT2D eigenvalue weighted by Crippen LogP contribution is 2.21. The Morgan fingerprint density at radius 1 is 1.29 bits per heavy atom. The number of hydrogen-bond donors (Lipinski definition) is 1. The minimum absolute atomic E-state index is 0.0851. The molecular formula is C14H23NO5S. The summed E-state index contributed by atoms with van der Waals surface area (Å²) < 4.78 is 36.8. The first-order chi connectivity index (χ1) is 9.97. The molecule has 0 bridgehead atoms. The van der Waals surface area contributed by atoms with E-state index in [9.17, 15) is 8.42 Å². The van der Waals surface area contributed by atoms with Crippen LogP contribution in [0.3, 0.4) is 0 Å². The highest BCUT2D eigenvalue weighted by molar-refractivity contribution is 7.89. The van der Waals surface area contributed by atoms with Gasteiger partial charge in [0.25, 0.3) is 0 Å². The zero-order valence-corrected chi connectivity index (χ0v) is 13.5. The third kappa shape index (κ3) is 4.67. The zero-order valence-electron chi connectivity index (χ0n) is 12.7. The Kier molecular flexibility index (Phi) is 7.10. The average Bonchev–Trinajstić information content (AvgIpc) is 2.46. The van der Waals surface area contributed by atoms with E-state index in [2.05, 4.69) is 0 Å². The maximum absolute atomic E-state index is 12.6. The normalized spacial score (nSPS) is 13.4. The molecular weight excluding hydrogens is 294 g/mol. The van der Waals surface area contributed by atoms with Crippen molar-refractivity contribution in [2.75, 3.05) is 33.5 Å². The predicted molar refractivity (Wildman–Crippen MR) is 79.9 cm³/mol. The molecule has 6 nitrogen and oxygen atoms in total. The molecule has 0 spiro atoms. The first-order valence-corrected chi connectivity index (χ1v) is 8.25. The molecule has 0 radical (unpaired) electrons. The van der Waals surface area contributed by atoms with Crippen LogP contribution in [0.5, 0.6) is 5.75 Å². The van der Waals surface area contributed by atoms with Crippen molar-refractivity contribution >= 4 is 10.0 Å². The van der Waals surface area contributed by atoms with Crippen LogP contribution in [0.2, 0.25) is 0 Å². The largest absolute Gasteiger partial charge is 0.491 e. The highest BCUT2D eigenvalue weighted by atomic mass is 32.2. The molecule has 0 aliphatic rings. The van der Waals surface area contributed by atoms with Gasteiger partial charge in [-0.25, -0.2) is 8.42 Å². The molecule has 1 aromatic rings. The van der Waals surface area contributed by atoms with Crippen molar-refractivity contribution in [2.45, 2.75) is 24.8 Å². The second-order valence-electron chi connectivity index (χ2n) is 4.56. The summed E-state index contributed by atoms with van der Waals surface area (Å²) in [5.74, 6) is 0.524. The Hall–Kier alpha value is -1.15. The number of methoxy groups -OCH3 is 1. The van der Waals surface area contributed by atoms with Crippen molar-refractivity contribution in [3.63, 3.8) is 0 Å². The molecule has 21 heavy (non-hydrogen) atoms. The van der Waals surface area contributed by atoms with Gasteiger partial charge in [0.15, 0.2) is 0 Å². The molecule has 1 atom stereocenters. The first-order valence-electron chi connectivity index (χ1n) is 6.81. The fourth-order valence-electron chi connectivity index (χ4n) is 2.05. The maximum Gasteiger partial charge on any atom is 0.243 e. The van der Waals surface area contributed by atoms with Gasteiger partial charge in [-0.1, -0.05) is 6.92 Å². The highest BCUT2D eigenvalue weighted by Gasteiger charge is 2.27. The monoisotopic (exact) mass is 317 g/mol. The Bertz CT molecular complexity index is 515. The van der Waals surface area contributed by atoms with Crippen LogP contribution >= 0.6 is 0 Å². The van der Waals surface area contributed by atoms with Crippen LogP contribution in [-0.2, 0) is 14.8 Å². The van der Waals surface area contributed by atoms with E-state index >= 15 is 0 Å². The predicted octanol–water partition coefficient (Wildman–Crippen LogP) is 1.10. The number of aliphatic hydroxyl groups is 1. The van der Waals surface area contributed by atoms with E-state index in [0.29, 0.717) is 18.9 Å². The summed E-state index contributed by atoms with van der Waals surface area (Å²) in [5.41, 5.74) is 0. The number of benzene rings is 1. The third-order valence-electron chi connectivity index (χ3n) is 3.00. The van der Waals surface area contributed by atoms with Crippen molar-refractivity contribution in [2.24, 2.45) is 0 Å². The van der Waals surface area contributed by atoms with Gasteiger partial charge in [0.2, 0.25) is 10.0 Å². The van der Waals surface area contributed by atoms with Crippen LogP contribution < -0.4 is 4.74 Å². The molecule has 0 aromatic heterocycles. The number of ether oxygens (including phenoxy) is 2. The van der Waals surface area contributed by atoms with E-state index in [0.717, 1.165) is 0 Å². The van der Waals surface area contributed by atoms with Crippen LogP contribution in [0.25, 0.3) is 0 Å². The third-order valence-corrected chi connectivity index (χ3v) is 5.10. The number of aliphatic hydroxyl groups excluding tert-OH is 1. The van der Waals surface area contributed by atoms with Gasteiger partial charge in [-0.15, -0.1) is 0 Å². The summed E-state index contributed by atoms with van der Waals surface area (Å²) >= 11 is 0. The van der Waals surface area contributed by atoms with Gasteiger partial charge in [-0.2, -0.15) is 4.31 Å². The summed E-state index contributed by atoms with van der Waals surface area (Å²) in [4.78, 5) is 0.212. The molecule has 0 saturated heterocycles. The number of hydrogen-bond acceptors (Lipinski definition) is 5. The average molecular weight is 317 g/mol. The Morgan fingerprint density at radius 2 is 1.90 bits per heavy atom. The maximum atomic E-state index is 12.6. The lowest BCUT2D eigenvalue weighted by Gasteiger charge is -2.26. The second-order valence-corrected chi connectivity index (χ2v) is 6.45. The number of nitrogens with zero attached hydrogens (tertiary/aromatic N) is 1. The molecule has 1 N–H and O–H groups in total. The fraction of sp³-hybridized carbons (Fsp3) is 0.571. The van der Waals surface area contributed by atoms with E-state index in [1.165, 1.54) is 16.4 Å². The molecule has 0 aliphatic heterocycles. The number of rotatable bonds is 9. The van der Waals surface area contributed by atoms with Gasteiger partial charge in [-0.3, -0.25) is 0 Å².